The smallest absolute Gasteiger partial charge is 0.416 e. The van der Waals surface area contributed by atoms with Crippen LogP contribution in [0.1, 0.15) is 44.6 Å². The molecule has 3 heterocycles. The molecule has 0 bridgehead atoms. The number of nitrogens with one attached hydrogen (secondary N) is 1. The summed E-state index contributed by atoms with van der Waals surface area (Å²) >= 11 is 0. The number of esters is 1. The molecule has 4 aromatic rings. The summed E-state index contributed by atoms with van der Waals surface area (Å²) in [6.07, 6.45) is -4.87. The van der Waals surface area contributed by atoms with Crippen molar-refractivity contribution in [1.82, 2.24) is 19.0 Å². The van der Waals surface area contributed by atoms with Crippen molar-refractivity contribution < 1.29 is 27.1 Å². The number of benzene rings is 2. The summed E-state index contributed by atoms with van der Waals surface area (Å²) < 4.78 is 63.3. The van der Waals surface area contributed by atoms with Crippen LogP contribution in [-0.2, 0) is 30.5 Å². The van der Waals surface area contributed by atoms with Crippen LogP contribution in [-0.4, -0.2) is 58.3 Å². The maximum Gasteiger partial charge on any atom is 0.416 e. The zero-order chi connectivity index (χ0) is 33.2. The zero-order valence-electron chi connectivity index (χ0n) is 25.3. The number of halogens is 4. The lowest BCUT2D eigenvalue weighted by atomic mass is 10.1. The summed E-state index contributed by atoms with van der Waals surface area (Å²) in [4.78, 5) is 46.5. The first-order valence-electron chi connectivity index (χ1n) is 14.6. The Labute approximate surface area is 261 Å². The number of anilines is 1. The second-order valence-electron chi connectivity index (χ2n) is 11.2. The van der Waals surface area contributed by atoms with E-state index in [-0.39, 0.29) is 17.9 Å². The molecule has 10 nitrogen and oxygen atoms in total. The number of methoxy groups -OCH3 is 1. The van der Waals surface area contributed by atoms with Gasteiger partial charge >= 0.3 is 17.8 Å². The van der Waals surface area contributed by atoms with Crippen molar-refractivity contribution >= 4 is 11.7 Å². The standard InChI is InChI=1S/C32H34F4N6O4/c1-20-28(40-15-13-39(14-16-40)17-22-11-12-27(38-22)30(44)46-2)29(43)42(19-26(37)21-7-4-3-5-8-21)31(45)41(20)18-23-24(32(34,35)36)9-6-10-25(23)33/h3-12,26,38H,13-19,37H2,1-2H3. The fourth-order valence-electron chi connectivity index (χ4n) is 5.78. The van der Waals surface area contributed by atoms with Gasteiger partial charge in [0, 0.05) is 55.7 Å². The Kier molecular flexibility index (Phi) is 9.49. The number of nitrogens with two attached hydrogens (primary N) is 1. The van der Waals surface area contributed by atoms with Crippen LogP contribution in [0, 0.1) is 12.7 Å². The van der Waals surface area contributed by atoms with E-state index in [2.05, 4.69) is 9.88 Å². The average molecular weight is 643 g/mol. The van der Waals surface area contributed by atoms with Crippen molar-refractivity contribution in [3.8, 4) is 0 Å². The summed E-state index contributed by atoms with van der Waals surface area (Å²) in [5.74, 6) is -1.60. The number of aromatic nitrogens is 3. The number of carbonyl (C=O) groups is 1. The first kappa shape index (κ1) is 32.7. The van der Waals surface area contributed by atoms with E-state index in [1.165, 1.54) is 14.0 Å². The third-order valence-electron chi connectivity index (χ3n) is 8.24. The molecule has 1 unspecified atom stereocenters. The van der Waals surface area contributed by atoms with E-state index in [0.29, 0.717) is 44.0 Å². The van der Waals surface area contributed by atoms with Crippen molar-refractivity contribution in [3.63, 3.8) is 0 Å². The van der Waals surface area contributed by atoms with Crippen LogP contribution in [0.3, 0.4) is 0 Å². The van der Waals surface area contributed by atoms with Gasteiger partial charge in [0.15, 0.2) is 0 Å². The summed E-state index contributed by atoms with van der Waals surface area (Å²) in [5, 5.41) is 0. The van der Waals surface area contributed by atoms with Gasteiger partial charge in [0.1, 0.15) is 17.2 Å². The van der Waals surface area contributed by atoms with Crippen LogP contribution in [0.4, 0.5) is 23.2 Å². The SMILES string of the molecule is COC(=O)c1ccc(CN2CCN(c3c(C)n(Cc4c(F)cccc4C(F)(F)F)c(=O)n(CC(N)c4ccccc4)c3=O)CC2)[nH]1. The van der Waals surface area contributed by atoms with Crippen LogP contribution >= 0.6 is 0 Å². The van der Waals surface area contributed by atoms with Crippen molar-refractivity contribution in [3.05, 3.63) is 121 Å². The second kappa shape index (κ2) is 13.3. The van der Waals surface area contributed by atoms with Gasteiger partial charge in [-0.2, -0.15) is 13.2 Å². The largest absolute Gasteiger partial charge is 0.464 e. The van der Waals surface area contributed by atoms with Crippen LogP contribution < -0.4 is 21.9 Å². The van der Waals surface area contributed by atoms with Crippen LogP contribution in [0.25, 0.3) is 0 Å². The summed E-state index contributed by atoms with van der Waals surface area (Å²) in [7, 11) is 1.29. The molecule has 0 radical (unpaired) electrons. The van der Waals surface area contributed by atoms with Crippen LogP contribution in [0.5, 0.6) is 0 Å². The van der Waals surface area contributed by atoms with Gasteiger partial charge in [0.25, 0.3) is 5.56 Å². The van der Waals surface area contributed by atoms with E-state index in [9.17, 15) is 31.9 Å². The third-order valence-corrected chi connectivity index (χ3v) is 8.24. The molecule has 2 aromatic carbocycles. The monoisotopic (exact) mass is 642 g/mol. The Bertz CT molecular complexity index is 1820. The van der Waals surface area contributed by atoms with E-state index in [0.717, 1.165) is 33.0 Å². The topological polar surface area (TPSA) is 119 Å². The highest BCUT2D eigenvalue weighted by molar-refractivity contribution is 5.87. The highest BCUT2D eigenvalue weighted by Gasteiger charge is 2.35. The number of hydrogen-bond donors (Lipinski definition) is 2. The van der Waals surface area contributed by atoms with E-state index in [1.54, 1.807) is 47.4 Å². The van der Waals surface area contributed by atoms with E-state index >= 15 is 0 Å². The molecule has 0 spiro atoms. The van der Waals surface area contributed by atoms with Gasteiger partial charge in [0.2, 0.25) is 0 Å². The van der Waals surface area contributed by atoms with E-state index < -0.39 is 52.9 Å². The minimum absolute atomic E-state index is 0.122. The molecule has 0 amide bonds. The Morgan fingerprint density at radius 3 is 2.30 bits per heavy atom. The number of alkyl halides is 3. The first-order chi connectivity index (χ1) is 21.9. The molecule has 2 aromatic heterocycles. The maximum absolute atomic E-state index is 14.9. The van der Waals surface area contributed by atoms with Crippen molar-refractivity contribution in [2.75, 3.05) is 38.2 Å². The van der Waals surface area contributed by atoms with Gasteiger partial charge in [-0.15, -0.1) is 0 Å². The number of rotatable bonds is 9. The number of ether oxygens (including phenoxy) is 1. The van der Waals surface area contributed by atoms with Gasteiger partial charge in [-0.25, -0.2) is 14.0 Å². The molecular formula is C32H34F4N6O4. The number of aromatic amines is 1. The van der Waals surface area contributed by atoms with Crippen LogP contribution in [0.2, 0.25) is 0 Å². The number of H-pyrrole nitrogens is 1. The zero-order valence-corrected chi connectivity index (χ0v) is 25.3. The third kappa shape index (κ3) is 6.77. The molecule has 14 heteroatoms. The normalized spacial score (nSPS) is 14.8. The second-order valence-corrected chi connectivity index (χ2v) is 11.2. The van der Waals surface area contributed by atoms with Gasteiger partial charge in [-0.05, 0) is 36.8 Å². The number of nitrogens with zero attached hydrogens (tertiary/aromatic N) is 4. The molecule has 5 rings (SSSR count). The minimum Gasteiger partial charge on any atom is -0.464 e. The van der Waals surface area contributed by atoms with Crippen molar-refractivity contribution in [2.45, 2.75) is 38.8 Å². The lowest BCUT2D eigenvalue weighted by Crippen LogP contribution is -2.51. The first-order valence-corrected chi connectivity index (χ1v) is 14.6. The minimum atomic E-state index is -4.87. The highest BCUT2D eigenvalue weighted by Crippen LogP contribution is 2.33. The van der Waals surface area contributed by atoms with Gasteiger partial charge in [0.05, 0.1) is 25.8 Å². The molecular weight excluding hydrogens is 608 g/mol. The fourth-order valence-corrected chi connectivity index (χ4v) is 5.78. The lowest BCUT2D eigenvalue weighted by molar-refractivity contribution is -0.138. The van der Waals surface area contributed by atoms with Crippen LogP contribution in [0.15, 0.2) is 70.3 Å². The number of piperazine rings is 1. The summed E-state index contributed by atoms with van der Waals surface area (Å²) in [6, 6.07) is 14.1. The molecule has 1 aliphatic heterocycles. The quantitative estimate of drug-likeness (QED) is 0.211. The highest BCUT2D eigenvalue weighted by atomic mass is 19.4. The fraction of sp³-hybridized carbons (Fsp3) is 0.344. The van der Waals surface area contributed by atoms with Gasteiger partial charge in [-0.3, -0.25) is 18.8 Å². The average Bonchev–Trinajstić information content (AvgIpc) is 3.50. The molecule has 1 fully saturated rings. The van der Waals surface area contributed by atoms with Gasteiger partial charge < -0.3 is 20.4 Å². The molecule has 0 aliphatic carbocycles. The van der Waals surface area contributed by atoms with Crippen molar-refractivity contribution in [2.24, 2.45) is 5.73 Å². The Hall–Kier alpha value is -4.69. The Balaban J connectivity index is 1.50. The predicted octanol–water partition coefficient (Wildman–Crippen LogP) is 3.66. The molecule has 1 saturated heterocycles. The maximum atomic E-state index is 14.9. The molecule has 46 heavy (non-hydrogen) atoms. The molecule has 1 atom stereocenters. The van der Waals surface area contributed by atoms with Gasteiger partial charge in [-0.1, -0.05) is 36.4 Å². The van der Waals surface area contributed by atoms with Crippen molar-refractivity contribution in [1.29, 1.82) is 0 Å². The Morgan fingerprint density at radius 1 is 0.957 bits per heavy atom. The number of carbonyl (C=O) groups excluding carboxylic acids is 1. The molecule has 1 aliphatic rings. The predicted molar refractivity (Wildman–Crippen MR) is 163 cm³/mol. The molecule has 3 N–H and O–H groups in total. The summed E-state index contributed by atoms with van der Waals surface area (Å²) in [5.41, 5.74) is 5.00. The molecule has 244 valence electrons. The molecule has 0 saturated carbocycles. The summed E-state index contributed by atoms with van der Waals surface area (Å²) in [6.45, 7) is 2.71. The number of hydrogen-bond acceptors (Lipinski definition) is 7. The van der Waals surface area contributed by atoms with E-state index in [4.69, 9.17) is 10.5 Å². The Morgan fingerprint density at radius 2 is 1.65 bits per heavy atom. The lowest BCUT2D eigenvalue weighted by Gasteiger charge is -2.36. The van der Waals surface area contributed by atoms with E-state index in [1.807, 2.05) is 0 Å².